The largest absolute Gasteiger partial charge is 0.508 e. The molecule has 6 heteroatoms. The number of benzene rings is 2. The fraction of sp³-hybridized carbons (Fsp3) is 0.227. The van der Waals surface area contributed by atoms with Crippen LogP contribution in [0.2, 0.25) is 0 Å². The van der Waals surface area contributed by atoms with E-state index in [1.807, 2.05) is 18.3 Å². The number of hydrogen-bond donors (Lipinski definition) is 5. The van der Waals surface area contributed by atoms with Crippen LogP contribution in [0.1, 0.15) is 34.7 Å². The monoisotopic (exact) mass is 377 g/mol. The number of aromatic nitrogens is 1. The van der Waals surface area contributed by atoms with Crippen LogP contribution in [0.15, 0.2) is 48.7 Å². The molecule has 0 saturated carbocycles. The lowest BCUT2D eigenvalue weighted by Crippen LogP contribution is -2.21. The fourth-order valence-corrected chi connectivity index (χ4v) is 3.92. The number of carbonyl (C=O) groups is 1. The van der Waals surface area contributed by atoms with Crippen LogP contribution in [-0.4, -0.2) is 27.7 Å². The highest BCUT2D eigenvalue weighted by Crippen LogP contribution is 2.32. The first-order valence-electron chi connectivity index (χ1n) is 9.41. The zero-order chi connectivity index (χ0) is 19.5. The van der Waals surface area contributed by atoms with E-state index in [1.165, 1.54) is 22.8 Å². The van der Waals surface area contributed by atoms with Crippen molar-refractivity contribution >= 4 is 22.9 Å². The number of hydroxylamine groups is 1. The maximum Gasteiger partial charge on any atom is 0.267 e. The van der Waals surface area contributed by atoms with Gasteiger partial charge in [0, 0.05) is 29.2 Å². The van der Waals surface area contributed by atoms with Gasteiger partial charge >= 0.3 is 0 Å². The first-order chi connectivity index (χ1) is 13.6. The smallest absolute Gasteiger partial charge is 0.267 e. The molecule has 1 atom stereocenters. The summed E-state index contributed by atoms with van der Waals surface area (Å²) in [4.78, 5) is 14.4. The molecule has 1 unspecified atom stereocenters. The minimum atomic E-state index is -0.536. The van der Waals surface area contributed by atoms with Crippen LogP contribution in [-0.2, 0) is 17.6 Å². The van der Waals surface area contributed by atoms with E-state index in [0.29, 0.717) is 6.04 Å². The topological polar surface area (TPSA) is 97.4 Å². The third-order valence-corrected chi connectivity index (χ3v) is 5.32. The minimum Gasteiger partial charge on any atom is -0.508 e. The molecule has 0 aliphatic heterocycles. The van der Waals surface area contributed by atoms with E-state index in [2.05, 4.69) is 22.4 Å². The maximum atomic E-state index is 11.1. The molecule has 0 saturated heterocycles. The van der Waals surface area contributed by atoms with Crippen LogP contribution in [0.3, 0.4) is 0 Å². The molecule has 0 radical (unpaired) electrons. The molecule has 4 rings (SSSR count). The number of rotatable bonds is 6. The first-order valence-corrected chi connectivity index (χ1v) is 9.41. The van der Waals surface area contributed by atoms with E-state index >= 15 is 0 Å². The Morgan fingerprint density at radius 3 is 3.00 bits per heavy atom. The van der Waals surface area contributed by atoms with Crippen molar-refractivity contribution in [2.24, 2.45) is 0 Å². The third kappa shape index (κ3) is 3.78. The molecular formula is C22H23N3O3. The summed E-state index contributed by atoms with van der Waals surface area (Å²) in [5.74, 6) is -0.252. The van der Waals surface area contributed by atoms with Crippen LogP contribution < -0.4 is 10.8 Å². The summed E-state index contributed by atoms with van der Waals surface area (Å²) in [5.41, 5.74) is 7.37. The fourth-order valence-electron chi connectivity index (χ4n) is 3.92. The van der Waals surface area contributed by atoms with Gasteiger partial charge in [-0.2, -0.15) is 0 Å². The number of hydrogen-bond acceptors (Lipinski definition) is 4. The Labute approximate surface area is 162 Å². The number of amides is 1. The van der Waals surface area contributed by atoms with Crippen molar-refractivity contribution < 1.29 is 15.1 Å². The van der Waals surface area contributed by atoms with E-state index in [0.717, 1.165) is 42.3 Å². The van der Waals surface area contributed by atoms with Gasteiger partial charge in [-0.25, -0.2) is 5.48 Å². The number of fused-ring (bicyclic) bond motifs is 2. The Morgan fingerprint density at radius 2 is 2.14 bits per heavy atom. The second-order valence-corrected chi connectivity index (χ2v) is 7.11. The summed E-state index contributed by atoms with van der Waals surface area (Å²) in [5, 5.41) is 23.0. The molecule has 1 aromatic heterocycles. The Kier molecular flexibility index (Phi) is 5.14. The minimum absolute atomic E-state index is 0.285. The highest BCUT2D eigenvalue weighted by atomic mass is 16.5. The van der Waals surface area contributed by atoms with Crippen LogP contribution in [0, 0.1) is 0 Å². The quantitative estimate of drug-likeness (QED) is 0.259. The lowest BCUT2D eigenvalue weighted by molar-refractivity contribution is -0.124. The molecule has 28 heavy (non-hydrogen) atoms. The molecule has 1 amide bonds. The van der Waals surface area contributed by atoms with Gasteiger partial charge in [0.25, 0.3) is 5.91 Å². The molecule has 3 aromatic rings. The first kappa shape index (κ1) is 18.3. The van der Waals surface area contributed by atoms with Crippen molar-refractivity contribution in [2.45, 2.75) is 25.3 Å². The summed E-state index contributed by atoms with van der Waals surface area (Å²) in [7, 11) is 0. The summed E-state index contributed by atoms with van der Waals surface area (Å²) >= 11 is 0. The van der Waals surface area contributed by atoms with Crippen LogP contribution in [0.4, 0.5) is 0 Å². The zero-order valence-electron chi connectivity index (χ0n) is 15.4. The number of phenols is 1. The second kappa shape index (κ2) is 7.88. The molecule has 6 nitrogen and oxygen atoms in total. The van der Waals surface area contributed by atoms with Gasteiger partial charge in [0.15, 0.2) is 0 Å². The van der Waals surface area contributed by atoms with Gasteiger partial charge in [0.1, 0.15) is 5.75 Å². The number of aryl methyl sites for hydroxylation is 1. The lowest BCUT2D eigenvalue weighted by Gasteiger charge is -2.14. The Bertz CT molecular complexity index is 1040. The Balaban J connectivity index is 1.39. The highest BCUT2D eigenvalue weighted by molar-refractivity contribution is 5.90. The van der Waals surface area contributed by atoms with Crippen molar-refractivity contribution in [2.75, 3.05) is 6.54 Å². The van der Waals surface area contributed by atoms with Gasteiger partial charge in [-0.15, -0.1) is 0 Å². The van der Waals surface area contributed by atoms with E-state index in [-0.39, 0.29) is 5.75 Å². The summed E-state index contributed by atoms with van der Waals surface area (Å²) in [6.45, 7) is 0.852. The standard InChI is InChI=1S/C22H23N3O3/c26-17-4-7-21-19(12-17)16(13-24-21)9-10-23-20-6-3-15-11-14(1-5-18(15)20)2-8-22(27)25-28/h1-2,4-5,7-8,11-13,20,23-24,26,28H,3,6,9-10H2,(H,25,27). The van der Waals surface area contributed by atoms with Crippen molar-refractivity contribution in [3.05, 3.63) is 70.9 Å². The second-order valence-electron chi connectivity index (χ2n) is 7.11. The van der Waals surface area contributed by atoms with Gasteiger partial charge in [0.05, 0.1) is 0 Å². The van der Waals surface area contributed by atoms with E-state index in [1.54, 1.807) is 23.7 Å². The molecule has 1 aliphatic rings. The van der Waals surface area contributed by atoms with E-state index in [9.17, 15) is 9.90 Å². The number of aromatic amines is 1. The summed E-state index contributed by atoms with van der Waals surface area (Å²) < 4.78 is 0. The SMILES string of the molecule is O=C(C=Cc1ccc2c(c1)CCC2NCCc1c[nH]c2ccc(O)cc12)NO. The maximum absolute atomic E-state index is 11.1. The van der Waals surface area contributed by atoms with E-state index in [4.69, 9.17) is 5.21 Å². The average Bonchev–Trinajstić information content (AvgIpc) is 3.30. The summed E-state index contributed by atoms with van der Waals surface area (Å²) in [6, 6.07) is 11.9. The van der Waals surface area contributed by atoms with Crippen molar-refractivity contribution in [3.63, 3.8) is 0 Å². The number of aromatic hydroxyl groups is 1. The van der Waals surface area contributed by atoms with Gasteiger partial charge in [-0.05, 0) is 72.3 Å². The number of nitrogens with one attached hydrogen (secondary N) is 3. The normalized spacial score (nSPS) is 16.0. The molecule has 2 aromatic carbocycles. The zero-order valence-corrected chi connectivity index (χ0v) is 15.4. The third-order valence-electron chi connectivity index (χ3n) is 5.32. The lowest BCUT2D eigenvalue weighted by atomic mass is 10.0. The molecule has 1 heterocycles. The molecular weight excluding hydrogens is 354 g/mol. The Hall–Kier alpha value is -3.09. The number of carbonyl (C=O) groups excluding carboxylic acids is 1. The van der Waals surface area contributed by atoms with Crippen molar-refractivity contribution in [1.29, 1.82) is 0 Å². The molecule has 5 N–H and O–H groups in total. The Morgan fingerprint density at radius 1 is 1.25 bits per heavy atom. The van der Waals surface area contributed by atoms with Gasteiger partial charge in [-0.3, -0.25) is 10.0 Å². The molecule has 0 fully saturated rings. The predicted molar refractivity (Wildman–Crippen MR) is 108 cm³/mol. The van der Waals surface area contributed by atoms with Crippen molar-refractivity contribution in [1.82, 2.24) is 15.8 Å². The van der Waals surface area contributed by atoms with Gasteiger partial charge < -0.3 is 15.4 Å². The number of H-pyrrole nitrogens is 1. The molecule has 144 valence electrons. The summed E-state index contributed by atoms with van der Waals surface area (Å²) in [6.07, 6.45) is 7.95. The van der Waals surface area contributed by atoms with Gasteiger partial charge in [-0.1, -0.05) is 18.2 Å². The molecule has 1 aliphatic carbocycles. The van der Waals surface area contributed by atoms with E-state index < -0.39 is 5.91 Å². The van der Waals surface area contributed by atoms with Crippen molar-refractivity contribution in [3.8, 4) is 5.75 Å². The van der Waals surface area contributed by atoms with Crippen LogP contribution in [0.5, 0.6) is 5.75 Å². The van der Waals surface area contributed by atoms with Gasteiger partial charge in [0.2, 0.25) is 0 Å². The molecule has 0 spiro atoms. The highest BCUT2D eigenvalue weighted by Gasteiger charge is 2.21. The molecule has 0 bridgehead atoms. The van der Waals surface area contributed by atoms with Crippen LogP contribution >= 0.6 is 0 Å². The predicted octanol–water partition coefficient (Wildman–Crippen LogP) is 3.21. The van der Waals surface area contributed by atoms with Crippen LogP contribution in [0.25, 0.3) is 17.0 Å². The number of phenolic OH excluding ortho intramolecular Hbond substituents is 1. The average molecular weight is 377 g/mol.